The van der Waals surface area contributed by atoms with Crippen LogP contribution in [-0.2, 0) is 4.79 Å². The van der Waals surface area contributed by atoms with Crippen molar-refractivity contribution in [2.45, 2.75) is 65.8 Å². The van der Waals surface area contributed by atoms with Crippen LogP contribution >= 0.6 is 0 Å². The van der Waals surface area contributed by atoms with Gasteiger partial charge in [0.25, 0.3) is 5.91 Å². The van der Waals surface area contributed by atoms with Crippen molar-refractivity contribution in [1.82, 2.24) is 14.8 Å². The lowest BCUT2D eigenvalue weighted by atomic mass is 9.73. The Morgan fingerprint density at radius 2 is 1.74 bits per heavy atom. The largest absolute Gasteiger partial charge is 0.325 e. The Morgan fingerprint density at radius 1 is 1.06 bits per heavy atom. The first-order valence-electron chi connectivity index (χ1n) is 11.1. The van der Waals surface area contributed by atoms with Gasteiger partial charge in [0.2, 0.25) is 0 Å². The summed E-state index contributed by atoms with van der Waals surface area (Å²) in [4.78, 5) is 40.2. The molecule has 6 nitrogen and oxygen atoms in total. The second-order valence-corrected chi connectivity index (χ2v) is 9.33. The average molecular weight is 422 g/mol. The van der Waals surface area contributed by atoms with Gasteiger partial charge in [-0.25, -0.2) is 4.79 Å². The second kappa shape index (κ2) is 7.66. The molecule has 1 N–H and O–H groups in total. The highest BCUT2D eigenvalue weighted by Gasteiger charge is 2.55. The Bertz CT molecular complexity index is 1060. The number of carbonyl (C=O) groups excluding carboxylic acids is 3. The minimum atomic E-state index is -0.842. The first-order chi connectivity index (χ1) is 14.6. The standard InChI is InChI=1S/C25H31N3O3/c1-15-10-16(2)12-20(11-15)28-18(4)13-21(19(28)5)22(29)14-27-23(30)25(26-24(27)31)9-7-6-8-17(25)3/h10-13,17H,6-9,14H2,1-5H3,(H,26,31). The highest BCUT2D eigenvalue weighted by Crippen LogP contribution is 2.38. The van der Waals surface area contributed by atoms with Crippen LogP contribution in [0.3, 0.4) is 0 Å². The van der Waals surface area contributed by atoms with Crippen LogP contribution in [0.1, 0.15) is 65.5 Å². The molecule has 1 aromatic carbocycles. The van der Waals surface area contributed by atoms with E-state index in [1.54, 1.807) is 0 Å². The lowest BCUT2D eigenvalue weighted by Crippen LogP contribution is -2.54. The number of nitrogens with zero attached hydrogens (tertiary/aromatic N) is 2. The molecule has 2 aromatic rings. The van der Waals surface area contributed by atoms with Crippen LogP contribution in [0, 0.1) is 33.6 Å². The van der Waals surface area contributed by atoms with Crippen LogP contribution in [0.4, 0.5) is 4.79 Å². The summed E-state index contributed by atoms with van der Waals surface area (Å²) in [7, 11) is 0. The first-order valence-corrected chi connectivity index (χ1v) is 11.1. The van der Waals surface area contributed by atoms with Crippen molar-refractivity contribution in [1.29, 1.82) is 0 Å². The normalized spacial score (nSPS) is 23.5. The number of carbonyl (C=O) groups is 3. The third-order valence-electron chi connectivity index (χ3n) is 7.00. The molecule has 2 atom stereocenters. The molecule has 4 rings (SSSR count). The van der Waals surface area contributed by atoms with Crippen LogP contribution < -0.4 is 5.32 Å². The Balaban J connectivity index is 1.61. The average Bonchev–Trinajstić information content (AvgIpc) is 3.12. The predicted octanol–water partition coefficient (Wildman–Crippen LogP) is 4.39. The number of urea groups is 1. The molecule has 1 spiro atoms. The molecule has 1 aliphatic heterocycles. The van der Waals surface area contributed by atoms with Gasteiger partial charge in [-0.15, -0.1) is 0 Å². The Morgan fingerprint density at radius 3 is 2.39 bits per heavy atom. The first kappa shape index (κ1) is 21.3. The second-order valence-electron chi connectivity index (χ2n) is 9.33. The SMILES string of the molecule is Cc1cc(C)cc(-n2c(C)cc(C(=O)CN3C(=O)NC4(CCCCC4C)C3=O)c2C)c1. The third kappa shape index (κ3) is 3.48. The lowest BCUT2D eigenvalue weighted by molar-refractivity contribution is -0.133. The molecule has 0 radical (unpaired) electrons. The number of hydrogen-bond donors (Lipinski definition) is 1. The van der Waals surface area contributed by atoms with Gasteiger partial charge >= 0.3 is 6.03 Å². The van der Waals surface area contributed by atoms with Crippen LogP contribution in [0.15, 0.2) is 24.3 Å². The van der Waals surface area contributed by atoms with E-state index in [9.17, 15) is 14.4 Å². The van der Waals surface area contributed by atoms with Crippen molar-refractivity contribution < 1.29 is 14.4 Å². The van der Waals surface area contributed by atoms with Gasteiger partial charge < -0.3 is 9.88 Å². The van der Waals surface area contributed by atoms with Crippen molar-refractivity contribution in [2.24, 2.45) is 5.92 Å². The summed E-state index contributed by atoms with van der Waals surface area (Å²) in [6, 6.07) is 7.70. The quantitative estimate of drug-likeness (QED) is 0.588. The molecule has 1 aromatic heterocycles. The minimum absolute atomic E-state index is 0.0763. The summed E-state index contributed by atoms with van der Waals surface area (Å²) in [6.07, 6.45) is 3.53. The fourth-order valence-electron chi connectivity index (χ4n) is 5.39. The number of aryl methyl sites for hydroxylation is 3. The molecule has 0 bridgehead atoms. The summed E-state index contributed by atoms with van der Waals surface area (Å²) in [5.41, 5.74) is 4.79. The molecular weight excluding hydrogens is 390 g/mol. The molecule has 2 fully saturated rings. The van der Waals surface area contributed by atoms with E-state index in [2.05, 4.69) is 41.9 Å². The van der Waals surface area contributed by atoms with Crippen molar-refractivity contribution >= 4 is 17.7 Å². The van der Waals surface area contributed by atoms with E-state index in [-0.39, 0.29) is 24.2 Å². The molecule has 1 saturated heterocycles. The molecule has 3 amide bonds. The van der Waals surface area contributed by atoms with Crippen molar-refractivity contribution in [3.63, 3.8) is 0 Å². The van der Waals surface area contributed by atoms with E-state index in [0.717, 1.165) is 52.4 Å². The van der Waals surface area contributed by atoms with E-state index >= 15 is 0 Å². The maximum absolute atomic E-state index is 13.2. The van der Waals surface area contributed by atoms with Crippen LogP contribution in [0.5, 0.6) is 0 Å². The third-order valence-corrected chi connectivity index (χ3v) is 7.00. The minimum Gasteiger partial charge on any atom is -0.323 e. The number of nitrogens with one attached hydrogen (secondary N) is 1. The number of Topliss-reactive ketones (excluding diaryl/α,β-unsaturated/α-hetero) is 1. The van der Waals surface area contributed by atoms with E-state index < -0.39 is 11.6 Å². The Labute approximate surface area is 183 Å². The van der Waals surface area contributed by atoms with Gasteiger partial charge in [-0.1, -0.05) is 25.8 Å². The number of amides is 3. The van der Waals surface area contributed by atoms with Gasteiger partial charge in [-0.3, -0.25) is 14.5 Å². The molecule has 2 unspecified atom stereocenters. The van der Waals surface area contributed by atoms with E-state index in [0.29, 0.717) is 12.0 Å². The van der Waals surface area contributed by atoms with Gasteiger partial charge in [0.15, 0.2) is 5.78 Å². The van der Waals surface area contributed by atoms with Crippen molar-refractivity contribution in [2.75, 3.05) is 6.54 Å². The predicted molar refractivity (Wildman–Crippen MR) is 120 cm³/mol. The molecule has 1 saturated carbocycles. The van der Waals surface area contributed by atoms with Gasteiger partial charge in [0.1, 0.15) is 5.54 Å². The van der Waals surface area contributed by atoms with Gasteiger partial charge in [-0.2, -0.15) is 0 Å². The summed E-state index contributed by atoms with van der Waals surface area (Å²) in [5, 5.41) is 2.93. The topological polar surface area (TPSA) is 71.4 Å². The number of ketones is 1. The highest BCUT2D eigenvalue weighted by molar-refractivity contribution is 6.11. The summed E-state index contributed by atoms with van der Waals surface area (Å²) < 4.78 is 2.06. The fourth-order valence-corrected chi connectivity index (χ4v) is 5.39. The molecule has 2 aliphatic rings. The summed E-state index contributed by atoms with van der Waals surface area (Å²) in [5.74, 6) is -0.388. The lowest BCUT2D eigenvalue weighted by Gasteiger charge is -2.36. The van der Waals surface area contributed by atoms with E-state index in [1.807, 2.05) is 26.8 Å². The highest BCUT2D eigenvalue weighted by atomic mass is 16.2. The monoisotopic (exact) mass is 421 g/mol. The van der Waals surface area contributed by atoms with Crippen LogP contribution in [-0.4, -0.2) is 39.3 Å². The smallest absolute Gasteiger partial charge is 0.323 e. The van der Waals surface area contributed by atoms with Gasteiger partial charge in [0.05, 0.1) is 6.54 Å². The van der Waals surface area contributed by atoms with Gasteiger partial charge in [0, 0.05) is 22.6 Å². The van der Waals surface area contributed by atoms with Crippen LogP contribution in [0.2, 0.25) is 0 Å². The summed E-state index contributed by atoms with van der Waals surface area (Å²) in [6.45, 7) is 9.77. The zero-order valence-electron chi connectivity index (χ0n) is 19.0. The molecular formula is C25H31N3O3. The molecule has 6 heteroatoms. The molecule has 1 aliphatic carbocycles. The number of imide groups is 1. The molecule has 31 heavy (non-hydrogen) atoms. The maximum atomic E-state index is 13.2. The van der Waals surface area contributed by atoms with Crippen molar-refractivity contribution in [3.8, 4) is 5.69 Å². The molecule has 2 heterocycles. The zero-order chi connectivity index (χ0) is 22.5. The Hall–Kier alpha value is -2.89. The number of rotatable bonds is 4. The molecule has 164 valence electrons. The van der Waals surface area contributed by atoms with E-state index in [4.69, 9.17) is 0 Å². The zero-order valence-corrected chi connectivity index (χ0v) is 19.0. The van der Waals surface area contributed by atoms with Gasteiger partial charge in [-0.05, 0) is 75.8 Å². The number of aromatic nitrogens is 1. The van der Waals surface area contributed by atoms with Crippen molar-refractivity contribution in [3.05, 3.63) is 52.3 Å². The number of benzene rings is 1. The van der Waals surface area contributed by atoms with Crippen LogP contribution in [0.25, 0.3) is 5.69 Å². The van der Waals surface area contributed by atoms with E-state index in [1.165, 1.54) is 0 Å². The maximum Gasteiger partial charge on any atom is 0.325 e. The fraction of sp³-hybridized carbons (Fsp3) is 0.480. The summed E-state index contributed by atoms with van der Waals surface area (Å²) >= 11 is 0. The Kier molecular flexibility index (Phi) is 5.28. The number of hydrogen-bond acceptors (Lipinski definition) is 3.